The SMILES string of the molecule is CNCc1ccc(OC)c(S(=O)(=O)N2CC=C(C)CC2)c1. The van der Waals surface area contributed by atoms with Gasteiger partial charge in [-0.15, -0.1) is 0 Å². The topological polar surface area (TPSA) is 58.6 Å². The first-order valence-corrected chi connectivity index (χ1v) is 8.40. The molecule has 0 fully saturated rings. The number of nitrogens with one attached hydrogen (secondary N) is 1. The van der Waals surface area contributed by atoms with E-state index < -0.39 is 10.0 Å². The highest BCUT2D eigenvalue weighted by molar-refractivity contribution is 7.89. The van der Waals surface area contributed by atoms with Crippen LogP contribution in [-0.4, -0.2) is 40.0 Å². The van der Waals surface area contributed by atoms with Crippen LogP contribution in [0.1, 0.15) is 18.9 Å². The number of methoxy groups -OCH3 is 1. The van der Waals surface area contributed by atoms with Crippen LogP contribution in [0.5, 0.6) is 5.75 Å². The summed E-state index contributed by atoms with van der Waals surface area (Å²) >= 11 is 0. The van der Waals surface area contributed by atoms with Crippen LogP contribution in [0.2, 0.25) is 0 Å². The molecule has 0 aliphatic carbocycles. The van der Waals surface area contributed by atoms with Gasteiger partial charge >= 0.3 is 0 Å². The van der Waals surface area contributed by atoms with E-state index in [1.807, 2.05) is 26.1 Å². The van der Waals surface area contributed by atoms with Gasteiger partial charge in [-0.3, -0.25) is 0 Å². The molecule has 1 aromatic carbocycles. The molecule has 0 saturated carbocycles. The van der Waals surface area contributed by atoms with Crippen LogP contribution in [-0.2, 0) is 16.6 Å². The fourth-order valence-corrected chi connectivity index (χ4v) is 3.93. The second-order valence-electron chi connectivity index (χ2n) is 5.18. The van der Waals surface area contributed by atoms with E-state index in [1.54, 1.807) is 12.1 Å². The Kier molecular flexibility index (Phi) is 5.03. The summed E-state index contributed by atoms with van der Waals surface area (Å²) in [6, 6.07) is 5.27. The molecule has 0 atom stereocenters. The Labute approximate surface area is 126 Å². The maximum atomic E-state index is 12.8. The van der Waals surface area contributed by atoms with Gasteiger partial charge in [-0.1, -0.05) is 17.7 Å². The minimum Gasteiger partial charge on any atom is -0.495 e. The Hall–Kier alpha value is -1.37. The van der Waals surface area contributed by atoms with Crippen molar-refractivity contribution in [2.45, 2.75) is 24.8 Å². The number of nitrogens with zero attached hydrogens (tertiary/aromatic N) is 1. The van der Waals surface area contributed by atoms with Crippen molar-refractivity contribution in [2.75, 3.05) is 27.2 Å². The van der Waals surface area contributed by atoms with Gasteiger partial charge < -0.3 is 10.1 Å². The molecule has 0 aromatic heterocycles. The van der Waals surface area contributed by atoms with Crippen LogP contribution in [0.25, 0.3) is 0 Å². The van der Waals surface area contributed by atoms with Crippen molar-refractivity contribution in [3.8, 4) is 5.75 Å². The van der Waals surface area contributed by atoms with Gasteiger partial charge in [-0.2, -0.15) is 4.31 Å². The fourth-order valence-electron chi connectivity index (χ4n) is 2.35. The number of hydrogen-bond acceptors (Lipinski definition) is 4. The Morgan fingerprint density at radius 2 is 2.14 bits per heavy atom. The highest BCUT2D eigenvalue weighted by atomic mass is 32.2. The zero-order valence-electron chi connectivity index (χ0n) is 12.7. The molecule has 116 valence electrons. The van der Waals surface area contributed by atoms with Crippen molar-refractivity contribution in [2.24, 2.45) is 0 Å². The van der Waals surface area contributed by atoms with E-state index in [-0.39, 0.29) is 4.90 Å². The van der Waals surface area contributed by atoms with Crippen LogP contribution in [0.3, 0.4) is 0 Å². The molecule has 5 nitrogen and oxygen atoms in total. The average molecular weight is 310 g/mol. The number of hydrogen-bond donors (Lipinski definition) is 1. The molecule has 6 heteroatoms. The van der Waals surface area contributed by atoms with Crippen molar-refractivity contribution in [3.63, 3.8) is 0 Å². The van der Waals surface area contributed by atoms with Gasteiger partial charge in [0.05, 0.1) is 7.11 Å². The normalized spacial score (nSPS) is 16.6. The van der Waals surface area contributed by atoms with E-state index >= 15 is 0 Å². The highest BCUT2D eigenvalue weighted by Gasteiger charge is 2.28. The Bertz CT molecular complexity index is 638. The summed E-state index contributed by atoms with van der Waals surface area (Å²) < 4.78 is 32.4. The van der Waals surface area contributed by atoms with Crippen molar-refractivity contribution < 1.29 is 13.2 Å². The first kappa shape index (κ1) is 16.0. The third kappa shape index (κ3) is 3.45. The molecule has 1 aromatic rings. The summed E-state index contributed by atoms with van der Waals surface area (Å²) in [7, 11) is -0.211. The quantitative estimate of drug-likeness (QED) is 0.842. The second-order valence-corrected chi connectivity index (χ2v) is 7.09. The molecule has 2 rings (SSSR count). The van der Waals surface area contributed by atoms with Crippen LogP contribution in [0, 0.1) is 0 Å². The maximum absolute atomic E-state index is 12.8. The summed E-state index contributed by atoms with van der Waals surface area (Å²) in [5, 5.41) is 3.03. The molecule has 1 aliphatic rings. The zero-order chi connectivity index (χ0) is 15.5. The predicted octanol–water partition coefficient (Wildman–Crippen LogP) is 1.76. The zero-order valence-corrected chi connectivity index (χ0v) is 13.5. The summed E-state index contributed by atoms with van der Waals surface area (Å²) in [6.07, 6.45) is 2.74. The monoisotopic (exact) mass is 310 g/mol. The lowest BCUT2D eigenvalue weighted by molar-refractivity contribution is 0.393. The van der Waals surface area contributed by atoms with Gasteiger partial charge in [0.15, 0.2) is 0 Å². The molecule has 0 radical (unpaired) electrons. The molecule has 0 amide bonds. The minimum atomic E-state index is -3.53. The van der Waals surface area contributed by atoms with Gasteiger partial charge in [-0.05, 0) is 38.1 Å². The third-order valence-corrected chi connectivity index (χ3v) is 5.51. The molecule has 21 heavy (non-hydrogen) atoms. The summed E-state index contributed by atoms with van der Waals surface area (Å²) in [4.78, 5) is 0.241. The van der Waals surface area contributed by atoms with Gasteiger partial charge in [-0.25, -0.2) is 8.42 Å². The lowest BCUT2D eigenvalue weighted by Crippen LogP contribution is -2.35. The largest absolute Gasteiger partial charge is 0.495 e. The molecule has 0 unspecified atom stereocenters. The van der Waals surface area contributed by atoms with Crippen LogP contribution >= 0.6 is 0 Å². The molecular weight excluding hydrogens is 288 g/mol. The van der Waals surface area contributed by atoms with Crippen LogP contribution in [0.4, 0.5) is 0 Å². The molecule has 1 heterocycles. The Morgan fingerprint density at radius 3 is 2.71 bits per heavy atom. The molecule has 1 N–H and O–H groups in total. The van der Waals surface area contributed by atoms with Crippen LogP contribution < -0.4 is 10.1 Å². The van der Waals surface area contributed by atoms with Gasteiger partial charge in [0, 0.05) is 19.6 Å². The lowest BCUT2D eigenvalue weighted by atomic mass is 10.1. The number of rotatable bonds is 5. The van der Waals surface area contributed by atoms with E-state index in [9.17, 15) is 8.42 Å². The van der Waals surface area contributed by atoms with Gasteiger partial charge in [0.1, 0.15) is 10.6 Å². The summed E-state index contributed by atoms with van der Waals surface area (Å²) in [5.41, 5.74) is 2.15. The van der Waals surface area contributed by atoms with Crippen molar-refractivity contribution in [1.82, 2.24) is 9.62 Å². The minimum absolute atomic E-state index is 0.241. The van der Waals surface area contributed by atoms with Gasteiger partial charge in [0.25, 0.3) is 0 Å². The van der Waals surface area contributed by atoms with Crippen molar-refractivity contribution >= 4 is 10.0 Å². The van der Waals surface area contributed by atoms with Crippen molar-refractivity contribution in [1.29, 1.82) is 0 Å². The van der Waals surface area contributed by atoms with Crippen molar-refractivity contribution in [3.05, 3.63) is 35.4 Å². The standard InChI is InChI=1S/C15H22N2O3S/c1-12-6-8-17(9-7-12)21(18,19)15-10-13(11-16-2)4-5-14(15)20-3/h4-6,10,16H,7-9,11H2,1-3H3. The lowest BCUT2D eigenvalue weighted by Gasteiger charge is -2.25. The van der Waals surface area contributed by atoms with E-state index in [2.05, 4.69) is 5.32 Å². The fraction of sp³-hybridized carbons (Fsp3) is 0.467. The molecule has 0 bridgehead atoms. The predicted molar refractivity (Wildman–Crippen MR) is 82.9 cm³/mol. The molecule has 0 saturated heterocycles. The smallest absolute Gasteiger partial charge is 0.247 e. The number of benzene rings is 1. The van der Waals surface area contributed by atoms with E-state index in [4.69, 9.17) is 4.74 Å². The molecule has 1 aliphatic heterocycles. The highest BCUT2D eigenvalue weighted by Crippen LogP contribution is 2.29. The van der Waals surface area contributed by atoms with E-state index in [0.717, 1.165) is 12.0 Å². The van der Waals surface area contributed by atoms with E-state index in [0.29, 0.717) is 25.4 Å². The number of ether oxygens (including phenoxy) is 1. The average Bonchev–Trinajstić information content (AvgIpc) is 2.48. The molecule has 0 spiro atoms. The molecular formula is C15H22N2O3S. The summed E-state index contributed by atoms with van der Waals surface area (Å²) in [6.45, 7) is 3.58. The summed E-state index contributed by atoms with van der Waals surface area (Å²) in [5.74, 6) is 0.390. The van der Waals surface area contributed by atoms with E-state index in [1.165, 1.54) is 17.0 Å². The third-order valence-electron chi connectivity index (χ3n) is 3.63. The Morgan fingerprint density at radius 1 is 1.38 bits per heavy atom. The number of sulfonamides is 1. The Balaban J connectivity index is 2.40. The maximum Gasteiger partial charge on any atom is 0.247 e. The second kappa shape index (κ2) is 6.60. The van der Waals surface area contributed by atoms with Gasteiger partial charge in [0.2, 0.25) is 10.0 Å². The first-order valence-electron chi connectivity index (χ1n) is 6.96. The van der Waals surface area contributed by atoms with Crippen LogP contribution in [0.15, 0.2) is 34.7 Å². The first-order chi connectivity index (χ1) is 9.98.